The molecule has 0 radical (unpaired) electrons. The Morgan fingerprint density at radius 2 is 1.88 bits per heavy atom. The van der Waals surface area contributed by atoms with Crippen LogP contribution >= 0.6 is 11.7 Å². The van der Waals surface area contributed by atoms with Gasteiger partial charge in [-0.3, -0.25) is 0 Å². The fourth-order valence-electron chi connectivity index (χ4n) is 2.06. The Labute approximate surface area is 201 Å². The van der Waals surface area contributed by atoms with Crippen LogP contribution in [0.25, 0.3) is 5.57 Å². The molecule has 0 aromatic carbocycles. The Hall–Kier alpha value is 0. The van der Waals surface area contributed by atoms with Crippen LogP contribution in [0.2, 0.25) is 0 Å². The number of unbranched alkanes of at least 4 members (excludes halogenated alkanes) is 2. The van der Waals surface area contributed by atoms with E-state index < -0.39 is 11.9 Å². The van der Waals surface area contributed by atoms with Crippen LogP contribution in [0.5, 0.6) is 5.88 Å². The minimum atomic E-state index is -2.19. The predicted molar refractivity (Wildman–Crippen MR) is 85.0 cm³/mol. The van der Waals surface area contributed by atoms with Gasteiger partial charge in [0, 0.05) is 13.1 Å². The summed E-state index contributed by atoms with van der Waals surface area (Å²) < 4.78 is 14.4. The summed E-state index contributed by atoms with van der Waals surface area (Å²) in [5, 5.41) is 17.9. The third-order valence-corrected chi connectivity index (χ3v) is 3.77. The summed E-state index contributed by atoms with van der Waals surface area (Å²) in [7, 11) is 2.13. The number of likely N-dealkylation sites (N-methyl/N-ethyl adjacent to an activating group) is 1. The normalized spacial score (nSPS) is 13.2. The summed E-state index contributed by atoms with van der Waals surface area (Å²) in [4.78, 5) is 20.2. The first-order valence-electron chi connectivity index (χ1n) is 7.71. The van der Waals surface area contributed by atoms with Crippen molar-refractivity contribution in [2.45, 2.75) is 32.6 Å². The van der Waals surface area contributed by atoms with Crippen LogP contribution in [0.15, 0.2) is 6.08 Å². The van der Waals surface area contributed by atoms with E-state index in [1.54, 1.807) is 0 Å². The van der Waals surface area contributed by atoms with E-state index in [1.165, 1.54) is 30.1 Å². The monoisotopic (exact) mass is 401 g/mol. The quantitative estimate of drug-likeness (QED) is 0.262. The van der Waals surface area contributed by atoms with E-state index in [2.05, 4.69) is 33.7 Å². The summed E-state index contributed by atoms with van der Waals surface area (Å²) in [5.41, 5.74) is 2.20. The van der Waals surface area contributed by atoms with Crippen LogP contribution in [0.3, 0.4) is 0 Å². The second-order valence-electron chi connectivity index (χ2n) is 5.30. The molecule has 0 amide bonds. The van der Waals surface area contributed by atoms with Gasteiger partial charge in [-0.1, -0.05) is 25.8 Å². The zero-order valence-electron chi connectivity index (χ0n) is 15.8. The number of carbonyl (C=O) groups is 2. The molecule has 8 nitrogen and oxygen atoms in total. The van der Waals surface area contributed by atoms with E-state index in [0.29, 0.717) is 0 Å². The second-order valence-corrected chi connectivity index (χ2v) is 5.83. The molecule has 2 heterocycles. The maximum absolute atomic E-state index is 8.93. The molecule has 1 aliphatic heterocycles. The first-order valence-corrected chi connectivity index (χ1v) is 8.44. The van der Waals surface area contributed by atoms with Crippen LogP contribution in [0, 0.1) is 0 Å². The molecular formula is C15H21N3Na2O5S. The number of carboxylic acids is 2. The zero-order valence-corrected chi connectivity index (χ0v) is 20.6. The van der Waals surface area contributed by atoms with E-state index in [4.69, 9.17) is 24.5 Å². The average molecular weight is 401 g/mol. The summed E-state index contributed by atoms with van der Waals surface area (Å²) >= 11 is 1.24. The zero-order chi connectivity index (χ0) is 17.9. The smallest absolute Gasteiger partial charge is 0.543 e. The van der Waals surface area contributed by atoms with Crippen molar-refractivity contribution in [3.8, 4) is 5.88 Å². The summed E-state index contributed by atoms with van der Waals surface area (Å²) in [6.07, 6.45) is 6.85. The van der Waals surface area contributed by atoms with Crippen molar-refractivity contribution in [2.24, 2.45) is 0 Å². The summed E-state index contributed by atoms with van der Waals surface area (Å²) in [6, 6.07) is 0. The van der Waals surface area contributed by atoms with Crippen molar-refractivity contribution in [3.05, 3.63) is 11.8 Å². The van der Waals surface area contributed by atoms with Crippen molar-refractivity contribution >= 4 is 29.2 Å². The Morgan fingerprint density at radius 3 is 2.42 bits per heavy atom. The van der Waals surface area contributed by atoms with Crippen LogP contribution in [0.1, 0.15) is 38.3 Å². The first kappa shape index (κ1) is 28.2. The molecule has 11 heteroatoms. The van der Waals surface area contributed by atoms with E-state index in [-0.39, 0.29) is 59.1 Å². The van der Waals surface area contributed by atoms with Crippen molar-refractivity contribution in [2.75, 3.05) is 26.7 Å². The van der Waals surface area contributed by atoms with Gasteiger partial charge in [0.05, 0.1) is 30.3 Å². The van der Waals surface area contributed by atoms with Gasteiger partial charge < -0.3 is 29.4 Å². The molecular weight excluding hydrogens is 380 g/mol. The number of hydrogen-bond acceptors (Lipinski definition) is 9. The number of aromatic nitrogens is 2. The Kier molecular flexibility index (Phi) is 17.4. The van der Waals surface area contributed by atoms with E-state index in [1.807, 2.05) is 0 Å². The van der Waals surface area contributed by atoms with Crippen LogP contribution in [-0.2, 0) is 9.59 Å². The average Bonchev–Trinajstić information content (AvgIpc) is 3.00. The van der Waals surface area contributed by atoms with Gasteiger partial charge in [-0.05, 0) is 25.5 Å². The Balaban J connectivity index is 0. The fraction of sp³-hybridized carbons (Fsp3) is 0.600. The van der Waals surface area contributed by atoms with Crippen LogP contribution in [-0.4, -0.2) is 52.3 Å². The van der Waals surface area contributed by atoms with Gasteiger partial charge in [0.2, 0.25) is 0 Å². The molecule has 0 N–H and O–H groups in total. The molecule has 2 rings (SSSR count). The second kappa shape index (κ2) is 16.0. The molecule has 1 aliphatic rings. The molecule has 1 aromatic heterocycles. The molecule has 0 unspecified atom stereocenters. The van der Waals surface area contributed by atoms with E-state index >= 15 is 0 Å². The number of hydrogen-bond donors (Lipinski definition) is 0. The molecule has 0 atom stereocenters. The third-order valence-electron chi connectivity index (χ3n) is 3.26. The van der Waals surface area contributed by atoms with Gasteiger partial charge >= 0.3 is 59.1 Å². The van der Waals surface area contributed by atoms with Crippen molar-refractivity contribution in [1.82, 2.24) is 13.6 Å². The predicted octanol–water partition coefficient (Wildman–Crippen LogP) is -6.68. The minimum absolute atomic E-state index is 0. The SMILES string of the molecule is CCCCCOc1nsnc1C1=CCCN(C)C1.O=C([O-])C(=O)[O-].[Na+].[Na+]. The summed E-state index contributed by atoms with van der Waals surface area (Å²) in [5.74, 6) is -3.65. The number of carbonyl (C=O) groups excluding carboxylic acids is 2. The van der Waals surface area contributed by atoms with Gasteiger partial charge in [0.15, 0.2) is 0 Å². The number of ether oxygens (including phenoxy) is 1. The molecule has 0 aliphatic carbocycles. The van der Waals surface area contributed by atoms with Gasteiger partial charge in [-0.2, -0.15) is 4.37 Å². The fourth-order valence-corrected chi connectivity index (χ4v) is 2.59. The molecule has 0 saturated carbocycles. The molecule has 0 bridgehead atoms. The van der Waals surface area contributed by atoms with Crippen molar-refractivity contribution < 1.29 is 83.7 Å². The van der Waals surface area contributed by atoms with Crippen molar-refractivity contribution in [1.29, 1.82) is 0 Å². The standard InChI is InChI=1S/C13H21N3OS.C2H2O4.2Na/c1-3-4-5-9-17-13-12(14-18-15-13)11-7-6-8-16(2)10-11;3-1(4)2(5)6;;/h7H,3-6,8-10H2,1-2H3;(H,3,4)(H,5,6);;/q;;2*+1/p-2. The van der Waals surface area contributed by atoms with Crippen molar-refractivity contribution in [3.63, 3.8) is 0 Å². The number of rotatable bonds is 6. The minimum Gasteiger partial charge on any atom is -0.543 e. The summed E-state index contributed by atoms with van der Waals surface area (Å²) in [6.45, 7) is 5.00. The number of nitrogens with zero attached hydrogens (tertiary/aromatic N) is 3. The first-order chi connectivity index (χ1) is 11.5. The Morgan fingerprint density at radius 1 is 1.23 bits per heavy atom. The molecule has 26 heavy (non-hydrogen) atoms. The molecule has 0 fully saturated rings. The molecule has 0 saturated heterocycles. The maximum Gasteiger partial charge on any atom is 1.00 e. The van der Waals surface area contributed by atoms with Gasteiger partial charge in [-0.15, -0.1) is 4.37 Å². The van der Waals surface area contributed by atoms with Gasteiger partial charge in [-0.25, -0.2) is 0 Å². The Bertz CT molecular complexity index is 571. The molecule has 0 spiro atoms. The van der Waals surface area contributed by atoms with Gasteiger partial charge in [0.25, 0.3) is 5.88 Å². The molecule has 134 valence electrons. The van der Waals surface area contributed by atoms with Crippen LogP contribution in [0.4, 0.5) is 0 Å². The largest absolute Gasteiger partial charge is 1.00 e. The number of carboxylic acid groups (broad SMARTS) is 2. The molecule has 1 aromatic rings. The number of aliphatic carboxylic acids is 2. The van der Waals surface area contributed by atoms with E-state index in [0.717, 1.165) is 44.1 Å². The maximum atomic E-state index is 8.93. The van der Waals surface area contributed by atoms with Gasteiger partial charge in [0.1, 0.15) is 5.69 Å². The topological polar surface area (TPSA) is 119 Å². The van der Waals surface area contributed by atoms with Crippen LogP contribution < -0.4 is 74.1 Å². The third kappa shape index (κ3) is 11.0. The van der Waals surface area contributed by atoms with E-state index in [9.17, 15) is 0 Å².